The Balaban J connectivity index is 2.21. The lowest BCUT2D eigenvalue weighted by atomic mass is 10.1. The van der Waals surface area contributed by atoms with E-state index in [2.05, 4.69) is 22.2 Å². The van der Waals surface area contributed by atoms with Gasteiger partial charge in [0.2, 0.25) is 5.88 Å². The number of rotatable bonds is 6. The normalized spacial score (nSPS) is 12.3. The summed E-state index contributed by atoms with van der Waals surface area (Å²) in [6.45, 7) is 3.11. The molecule has 0 amide bonds. The highest BCUT2D eigenvalue weighted by Crippen LogP contribution is 2.24. The Morgan fingerprint density at radius 1 is 1.39 bits per heavy atom. The quantitative estimate of drug-likeness (QED) is 0.870. The van der Waals surface area contributed by atoms with Crippen LogP contribution in [-0.4, -0.2) is 23.6 Å². The predicted molar refractivity (Wildman–Crippen MR) is 73.0 cm³/mol. The molecular weight excluding hydrogens is 246 g/mol. The van der Waals surface area contributed by atoms with Crippen molar-refractivity contribution in [2.45, 2.75) is 19.4 Å². The lowest BCUT2D eigenvalue weighted by Crippen LogP contribution is -2.23. The molecule has 18 heavy (non-hydrogen) atoms. The van der Waals surface area contributed by atoms with Crippen molar-refractivity contribution in [3.05, 3.63) is 40.5 Å². The van der Waals surface area contributed by atoms with Crippen LogP contribution in [0.4, 0.5) is 0 Å². The monoisotopic (exact) mass is 263 g/mol. The molecule has 0 bridgehead atoms. The molecule has 2 aromatic rings. The van der Waals surface area contributed by atoms with Gasteiger partial charge in [0, 0.05) is 23.8 Å². The molecule has 4 nitrogen and oxygen atoms in total. The molecule has 0 saturated heterocycles. The Labute approximate surface area is 111 Å². The van der Waals surface area contributed by atoms with Gasteiger partial charge >= 0.3 is 0 Å². The van der Waals surface area contributed by atoms with Crippen LogP contribution in [0, 0.1) is 0 Å². The van der Waals surface area contributed by atoms with Crippen LogP contribution in [0.3, 0.4) is 0 Å². The van der Waals surface area contributed by atoms with Crippen LogP contribution in [0.2, 0.25) is 0 Å². The van der Waals surface area contributed by atoms with Gasteiger partial charge in [-0.1, -0.05) is 13.0 Å². The molecule has 1 N–H and O–H groups in total. The minimum Gasteiger partial charge on any atom is -0.481 e. The van der Waals surface area contributed by atoms with Crippen molar-refractivity contribution < 1.29 is 4.74 Å². The third-order valence-electron chi connectivity index (χ3n) is 2.60. The summed E-state index contributed by atoms with van der Waals surface area (Å²) in [5.41, 5.74) is 1.11. The number of hydrogen-bond donors (Lipinski definition) is 1. The second kappa shape index (κ2) is 6.47. The first-order valence-corrected chi connectivity index (χ1v) is 6.85. The zero-order chi connectivity index (χ0) is 12.8. The standard InChI is InChI=1S/C13H17N3OS/c1-3-6-14-12(13-15-7-8-18-13)10-4-5-11(17-2)16-9-10/h4-5,7-9,12,14H,3,6H2,1-2H3. The molecule has 5 heteroatoms. The van der Waals surface area contributed by atoms with Crippen LogP contribution in [0.25, 0.3) is 0 Å². The van der Waals surface area contributed by atoms with Gasteiger partial charge in [0.1, 0.15) is 5.01 Å². The number of ether oxygens (including phenoxy) is 1. The third kappa shape index (κ3) is 3.05. The van der Waals surface area contributed by atoms with Gasteiger partial charge < -0.3 is 10.1 Å². The van der Waals surface area contributed by atoms with Crippen LogP contribution in [-0.2, 0) is 0 Å². The fourth-order valence-electron chi connectivity index (χ4n) is 1.70. The zero-order valence-electron chi connectivity index (χ0n) is 10.6. The summed E-state index contributed by atoms with van der Waals surface area (Å²) in [4.78, 5) is 8.64. The van der Waals surface area contributed by atoms with Crippen molar-refractivity contribution >= 4 is 11.3 Å². The molecule has 2 heterocycles. The topological polar surface area (TPSA) is 47.0 Å². The van der Waals surface area contributed by atoms with E-state index in [1.165, 1.54) is 0 Å². The van der Waals surface area contributed by atoms with E-state index in [0.717, 1.165) is 23.5 Å². The molecule has 2 aromatic heterocycles. The minimum atomic E-state index is 0.114. The van der Waals surface area contributed by atoms with Gasteiger partial charge in [-0.05, 0) is 18.5 Å². The SMILES string of the molecule is CCCNC(c1ccc(OC)nc1)c1nccs1. The molecule has 0 aliphatic heterocycles. The highest BCUT2D eigenvalue weighted by atomic mass is 32.1. The second-order valence-corrected chi connectivity index (χ2v) is 4.82. The van der Waals surface area contributed by atoms with Crippen molar-refractivity contribution in [3.63, 3.8) is 0 Å². The number of methoxy groups -OCH3 is 1. The van der Waals surface area contributed by atoms with E-state index < -0.39 is 0 Å². The van der Waals surface area contributed by atoms with Crippen molar-refractivity contribution in [2.24, 2.45) is 0 Å². The number of nitrogens with one attached hydrogen (secondary N) is 1. The fraction of sp³-hybridized carbons (Fsp3) is 0.385. The minimum absolute atomic E-state index is 0.114. The van der Waals surface area contributed by atoms with Gasteiger partial charge in [-0.3, -0.25) is 0 Å². The van der Waals surface area contributed by atoms with E-state index >= 15 is 0 Å². The molecule has 1 unspecified atom stereocenters. The molecular formula is C13H17N3OS. The maximum atomic E-state index is 5.08. The highest BCUT2D eigenvalue weighted by molar-refractivity contribution is 7.09. The Bertz CT molecular complexity index is 456. The number of hydrogen-bond acceptors (Lipinski definition) is 5. The lowest BCUT2D eigenvalue weighted by molar-refractivity contribution is 0.397. The molecule has 0 radical (unpaired) electrons. The average molecular weight is 263 g/mol. The molecule has 2 rings (SSSR count). The summed E-state index contributed by atoms with van der Waals surface area (Å²) in [7, 11) is 1.62. The van der Waals surface area contributed by atoms with Gasteiger partial charge in [-0.15, -0.1) is 11.3 Å². The summed E-state index contributed by atoms with van der Waals surface area (Å²) in [5, 5.41) is 6.55. The molecule has 0 aliphatic rings. The van der Waals surface area contributed by atoms with Crippen LogP contribution in [0.5, 0.6) is 5.88 Å². The van der Waals surface area contributed by atoms with Crippen molar-refractivity contribution in [3.8, 4) is 5.88 Å². The number of nitrogens with zero attached hydrogens (tertiary/aromatic N) is 2. The Kier molecular flexibility index (Phi) is 4.66. The van der Waals surface area contributed by atoms with Gasteiger partial charge in [0.25, 0.3) is 0 Å². The van der Waals surface area contributed by atoms with Crippen molar-refractivity contribution in [2.75, 3.05) is 13.7 Å². The Hall–Kier alpha value is -1.46. The first kappa shape index (κ1) is 13.0. The number of pyridine rings is 1. The van der Waals surface area contributed by atoms with Crippen molar-refractivity contribution in [1.29, 1.82) is 0 Å². The molecule has 0 aromatic carbocycles. The third-order valence-corrected chi connectivity index (χ3v) is 3.44. The first-order chi connectivity index (χ1) is 8.85. The van der Waals surface area contributed by atoms with Crippen LogP contribution in [0.15, 0.2) is 29.9 Å². The molecule has 0 spiro atoms. The Morgan fingerprint density at radius 2 is 2.28 bits per heavy atom. The summed E-state index contributed by atoms with van der Waals surface area (Å²) >= 11 is 1.65. The maximum absolute atomic E-state index is 5.08. The van der Waals surface area contributed by atoms with Crippen molar-refractivity contribution in [1.82, 2.24) is 15.3 Å². The predicted octanol–water partition coefficient (Wildman–Crippen LogP) is 2.64. The zero-order valence-corrected chi connectivity index (χ0v) is 11.4. The smallest absolute Gasteiger partial charge is 0.212 e. The average Bonchev–Trinajstić information content (AvgIpc) is 2.94. The van der Waals surface area contributed by atoms with Crippen LogP contribution < -0.4 is 10.1 Å². The summed E-state index contributed by atoms with van der Waals surface area (Å²) < 4.78 is 5.08. The van der Waals surface area contributed by atoms with Gasteiger partial charge in [0.05, 0.1) is 13.2 Å². The fourth-order valence-corrected chi connectivity index (χ4v) is 2.44. The van der Waals surface area contributed by atoms with E-state index in [0.29, 0.717) is 5.88 Å². The molecule has 0 aliphatic carbocycles. The first-order valence-electron chi connectivity index (χ1n) is 5.98. The molecule has 1 atom stereocenters. The highest BCUT2D eigenvalue weighted by Gasteiger charge is 2.16. The maximum Gasteiger partial charge on any atom is 0.212 e. The largest absolute Gasteiger partial charge is 0.481 e. The summed E-state index contributed by atoms with van der Waals surface area (Å²) in [5.74, 6) is 0.632. The van der Waals surface area contributed by atoms with E-state index in [1.807, 2.05) is 29.9 Å². The van der Waals surface area contributed by atoms with Gasteiger partial charge in [-0.25, -0.2) is 9.97 Å². The molecule has 0 fully saturated rings. The van der Waals surface area contributed by atoms with Gasteiger partial charge in [0.15, 0.2) is 0 Å². The van der Waals surface area contributed by atoms with E-state index in [-0.39, 0.29) is 6.04 Å². The van der Waals surface area contributed by atoms with E-state index in [1.54, 1.807) is 18.4 Å². The second-order valence-electron chi connectivity index (χ2n) is 3.89. The summed E-state index contributed by atoms with van der Waals surface area (Å²) in [6.07, 6.45) is 4.76. The molecule has 96 valence electrons. The summed E-state index contributed by atoms with van der Waals surface area (Å²) in [6, 6.07) is 4.02. The van der Waals surface area contributed by atoms with Crippen LogP contribution in [0.1, 0.15) is 30.0 Å². The Morgan fingerprint density at radius 3 is 2.83 bits per heavy atom. The van der Waals surface area contributed by atoms with Gasteiger partial charge in [-0.2, -0.15) is 0 Å². The van der Waals surface area contributed by atoms with Crippen LogP contribution >= 0.6 is 11.3 Å². The van der Waals surface area contributed by atoms with E-state index in [4.69, 9.17) is 4.74 Å². The van der Waals surface area contributed by atoms with E-state index in [9.17, 15) is 0 Å². The lowest BCUT2D eigenvalue weighted by Gasteiger charge is -2.16. The number of thiazole rings is 1. The molecule has 0 saturated carbocycles. The number of aromatic nitrogens is 2.